The summed E-state index contributed by atoms with van der Waals surface area (Å²) >= 11 is 0. The van der Waals surface area contributed by atoms with Crippen molar-refractivity contribution in [3.05, 3.63) is 89.6 Å². The minimum Gasteiger partial charge on any atom is -0.467 e. The van der Waals surface area contributed by atoms with Gasteiger partial charge in [0.15, 0.2) is 0 Å². The Morgan fingerprint density at radius 1 is 1.10 bits per heavy atom. The molecule has 0 bridgehead atoms. The van der Waals surface area contributed by atoms with E-state index in [-0.39, 0.29) is 6.04 Å². The number of hydrogen-bond acceptors (Lipinski definition) is 3. The molecular formula is C18H18N2O. The molecule has 0 aliphatic rings. The second-order valence-electron chi connectivity index (χ2n) is 5.04. The van der Waals surface area contributed by atoms with Gasteiger partial charge in [0, 0.05) is 18.9 Å². The third kappa shape index (κ3) is 3.20. The Morgan fingerprint density at radius 2 is 1.95 bits per heavy atom. The normalized spacial score (nSPS) is 12.2. The summed E-state index contributed by atoms with van der Waals surface area (Å²) in [6, 6.07) is 16.3. The minimum atomic E-state index is 0.0424. The van der Waals surface area contributed by atoms with E-state index >= 15 is 0 Å². The maximum atomic E-state index is 5.59. The molecule has 0 amide bonds. The SMILES string of the molecule is Cc1ccncc1CNC(c1ccccc1)c1ccco1. The van der Waals surface area contributed by atoms with E-state index in [1.807, 2.05) is 48.8 Å². The highest BCUT2D eigenvalue weighted by molar-refractivity contribution is 5.27. The highest BCUT2D eigenvalue weighted by Crippen LogP contribution is 2.23. The molecule has 1 atom stereocenters. The molecule has 0 fully saturated rings. The van der Waals surface area contributed by atoms with Crippen molar-refractivity contribution in [2.75, 3.05) is 0 Å². The van der Waals surface area contributed by atoms with Gasteiger partial charge in [-0.15, -0.1) is 0 Å². The molecule has 3 nitrogen and oxygen atoms in total. The van der Waals surface area contributed by atoms with Gasteiger partial charge in [0.2, 0.25) is 0 Å². The lowest BCUT2D eigenvalue weighted by molar-refractivity contribution is 0.445. The zero-order valence-electron chi connectivity index (χ0n) is 12.0. The average Bonchev–Trinajstić information content (AvgIpc) is 3.04. The summed E-state index contributed by atoms with van der Waals surface area (Å²) in [4.78, 5) is 4.20. The van der Waals surface area contributed by atoms with Crippen LogP contribution in [0, 0.1) is 6.92 Å². The largest absolute Gasteiger partial charge is 0.467 e. The predicted octanol–water partition coefficient (Wildman–Crippen LogP) is 3.86. The number of pyridine rings is 1. The van der Waals surface area contributed by atoms with Crippen molar-refractivity contribution in [3.63, 3.8) is 0 Å². The van der Waals surface area contributed by atoms with Gasteiger partial charge in [-0.2, -0.15) is 0 Å². The fraction of sp³-hybridized carbons (Fsp3) is 0.167. The molecule has 1 unspecified atom stereocenters. The molecule has 0 spiro atoms. The van der Waals surface area contributed by atoms with Crippen LogP contribution in [0.2, 0.25) is 0 Å². The molecule has 3 heteroatoms. The van der Waals surface area contributed by atoms with Gasteiger partial charge in [-0.25, -0.2) is 0 Å². The third-order valence-corrected chi connectivity index (χ3v) is 3.60. The molecule has 0 saturated carbocycles. The Balaban J connectivity index is 1.82. The Labute approximate surface area is 124 Å². The van der Waals surface area contributed by atoms with Crippen LogP contribution >= 0.6 is 0 Å². The average molecular weight is 278 g/mol. The quantitative estimate of drug-likeness (QED) is 0.770. The number of aryl methyl sites for hydroxylation is 1. The Morgan fingerprint density at radius 3 is 2.67 bits per heavy atom. The molecule has 2 aromatic heterocycles. The second kappa shape index (κ2) is 6.37. The molecule has 3 aromatic rings. The maximum absolute atomic E-state index is 5.59. The fourth-order valence-corrected chi connectivity index (χ4v) is 2.38. The molecule has 1 N–H and O–H groups in total. The van der Waals surface area contributed by atoms with E-state index in [0.29, 0.717) is 0 Å². The molecule has 3 rings (SSSR count). The fourth-order valence-electron chi connectivity index (χ4n) is 2.38. The van der Waals surface area contributed by atoms with Crippen LogP contribution in [0.4, 0.5) is 0 Å². The van der Waals surface area contributed by atoms with Crippen molar-refractivity contribution >= 4 is 0 Å². The molecule has 0 aliphatic heterocycles. The van der Waals surface area contributed by atoms with Gasteiger partial charge in [-0.1, -0.05) is 30.3 Å². The molecule has 0 aliphatic carbocycles. The summed E-state index contributed by atoms with van der Waals surface area (Å²) in [5.74, 6) is 0.919. The molecular weight excluding hydrogens is 260 g/mol. The van der Waals surface area contributed by atoms with Crippen LogP contribution < -0.4 is 5.32 Å². The van der Waals surface area contributed by atoms with Gasteiger partial charge in [0.05, 0.1) is 12.3 Å². The summed E-state index contributed by atoms with van der Waals surface area (Å²) < 4.78 is 5.59. The van der Waals surface area contributed by atoms with Crippen LogP contribution in [0.3, 0.4) is 0 Å². The topological polar surface area (TPSA) is 38.1 Å². The molecule has 1 aromatic carbocycles. The van der Waals surface area contributed by atoms with Gasteiger partial charge >= 0.3 is 0 Å². The van der Waals surface area contributed by atoms with Crippen LogP contribution in [0.15, 0.2) is 71.6 Å². The number of benzene rings is 1. The molecule has 2 heterocycles. The minimum absolute atomic E-state index is 0.0424. The molecule has 21 heavy (non-hydrogen) atoms. The lowest BCUT2D eigenvalue weighted by Crippen LogP contribution is -2.22. The number of hydrogen-bond donors (Lipinski definition) is 1. The summed E-state index contributed by atoms with van der Waals surface area (Å²) in [7, 11) is 0. The van der Waals surface area contributed by atoms with E-state index in [1.165, 1.54) is 16.7 Å². The summed E-state index contributed by atoms with van der Waals surface area (Å²) in [5, 5.41) is 3.56. The highest BCUT2D eigenvalue weighted by Gasteiger charge is 2.16. The first kappa shape index (κ1) is 13.6. The standard InChI is InChI=1S/C18H18N2O/c1-14-9-10-19-12-16(14)13-20-18(17-8-5-11-21-17)15-6-3-2-4-7-15/h2-12,18,20H,13H2,1H3. The summed E-state index contributed by atoms with van der Waals surface area (Å²) in [6.07, 6.45) is 5.44. The zero-order chi connectivity index (χ0) is 14.5. The van der Waals surface area contributed by atoms with Crippen molar-refractivity contribution in [2.24, 2.45) is 0 Å². The monoisotopic (exact) mass is 278 g/mol. The Hall–Kier alpha value is -2.39. The van der Waals surface area contributed by atoms with E-state index in [1.54, 1.807) is 6.26 Å². The van der Waals surface area contributed by atoms with Gasteiger partial charge in [0.25, 0.3) is 0 Å². The predicted molar refractivity (Wildman–Crippen MR) is 82.8 cm³/mol. The maximum Gasteiger partial charge on any atom is 0.125 e. The van der Waals surface area contributed by atoms with Gasteiger partial charge in [-0.3, -0.25) is 10.3 Å². The number of furan rings is 1. The molecule has 106 valence electrons. The molecule has 0 saturated heterocycles. The van der Waals surface area contributed by atoms with Crippen LogP contribution in [0.1, 0.15) is 28.5 Å². The Bertz CT molecular complexity index is 677. The van der Waals surface area contributed by atoms with E-state index in [4.69, 9.17) is 4.42 Å². The van der Waals surface area contributed by atoms with Crippen LogP contribution in [-0.4, -0.2) is 4.98 Å². The van der Waals surface area contributed by atoms with Crippen molar-refractivity contribution in [1.82, 2.24) is 10.3 Å². The van der Waals surface area contributed by atoms with E-state index in [0.717, 1.165) is 12.3 Å². The summed E-state index contributed by atoms with van der Waals surface area (Å²) in [6.45, 7) is 2.85. The first-order valence-electron chi connectivity index (χ1n) is 7.06. The summed E-state index contributed by atoms with van der Waals surface area (Å²) in [5.41, 5.74) is 3.63. The Kier molecular flexibility index (Phi) is 4.12. The van der Waals surface area contributed by atoms with E-state index in [2.05, 4.69) is 29.4 Å². The smallest absolute Gasteiger partial charge is 0.125 e. The van der Waals surface area contributed by atoms with Gasteiger partial charge < -0.3 is 4.42 Å². The van der Waals surface area contributed by atoms with Gasteiger partial charge in [0.1, 0.15) is 5.76 Å². The second-order valence-corrected chi connectivity index (χ2v) is 5.04. The first-order valence-corrected chi connectivity index (χ1v) is 7.06. The van der Waals surface area contributed by atoms with Crippen molar-refractivity contribution in [2.45, 2.75) is 19.5 Å². The van der Waals surface area contributed by atoms with Crippen LogP contribution in [-0.2, 0) is 6.54 Å². The molecule has 0 radical (unpaired) electrons. The number of nitrogens with one attached hydrogen (secondary N) is 1. The number of rotatable bonds is 5. The number of nitrogens with zero attached hydrogens (tertiary/aromatic N) is 1. The van der Waals surface area contributed by atoms with E-state index < -0.39 is 0 Å². The number of aromatic nitrogens is 1. The van der Waals surface area contributed by atoms with Crippen molar-refractivity contribution < 1.29 is 4.42 Å². The zero-order valence-corrected chi connectivity index (χ0v) is 12.0. The first-order chi connectivity index (χ1) is 10.3. The van der Waals surface area contributed by atoms with Crippen LogP contribution in [0.5, 0.6) is 0 Å². The lowest BCUT2D eigenvalue weighted by atomic mass is 10.0. The van der Waals surface area contributed by atoms with Gasteiger partial charge in [-0.05, 0) is 41.8 Å². The highest BCUT2D eigenvalue weighted by atomic mass is 16.3. The van der Waals surface area contributed by atoms with Crippen LogP contribution in [0.25, 0.3) is 0 Å². The van der Waals surface area contributed by atoms with Crippen molar-refractivity contribution in [3.8, 4) is 0 Å². The van der Waals surface area contributed by atoms with E-state index in [9.17, 15) is 0 Å². The third-order valence-electron chi connectivity index (χ3n) is 3.60. The lowest BCUT2D eigenvalue weighted by Gasteiger charge is -2.17. The van der Waals surface area contributed by atoms with Crippen molar-refractivity contribution in [1.29, 1.82) is 0 Å².